The molecule has 0 saturated heterocycles. The zero-order chi connectivity index (χ0) is 17.7. The standard InChI is InChI=1S/C18H23BrO5/c1-3-23-17(21)13-9-8-12-11(6-5-7-15(12)19)14(10-16(13)20)18(22)24-4-2/h5-7,13-14,16,20H,3-4,8-10H2,1-2H3/t13-,14+,16+/m0/s1. The Balaban J connectivity index is 2.39. The number of aliphatic hydroxyl groups is 1. The van der Waals surface area contributed by atoms with Gasteiger partial charge in [-0.2, -0.15) is 0 Å². The molecule has 1 aromatic carbocycles. The number of aliphatic hydroxyl groups excluding tert-OH is 1. The summed E-state index contributed by atoms with van der Waals surface area (Å²) in [5.41, 5.74) is 1.83. The van der Waals surface area contributed by atoms with Gasteiger partial charge in [-0.3, -0.25) is 9.59 Å². The van der Waals surface area contributed by atoms with Crippen LogP contribution in [0.15, 0.2) is 22.7 Å². The third kappa shape index (κ3) is 4.16. The van der Waals surface area contributed by atoms with Crippen LogP contribution in [-0.4, -0.2) is 36.4 Å². The minimum absolute atomic E-state index is 0.145. The first-order valence-corrected chi connectivity index (χ1v) is 9.07. The van der Waals surface area contributed by atoms with Crippen molar-refractivity contribution >= 4 is 27.9 Å². The molecule has 6 heteroatoms. The largest absolute Gasteiger partial charge is 0.466 e. The van der Waals surface area contributed by atoms with Gasteiger partial charge in [-0.05, 0) is 50.3 Å². The van der Waals surface area contributed by atoms with E-state index in [9.17, 15) is 14.7 Å². The Morgan fingerprint density at radius 3 is 2.54 bits per heavy atom. The lowest BCUT2D eigenvalue weighted by molar-refractivity contribution is -0.155. The Kier molecular flexibility index (Phi) is 6.80. The second-order valence-electron chi connectivity index (χ2n) is 5.81. The average Bonchev–Trinajstić information content (AvgIpc) is 2.53. The van der Waals surface area contributed by atoms with E-state index < -0.39 is 23.9 Å². The van der Waals surface area contributed by atoms with E-state index in [1.807, 2.05) is 18.2 Å². The number of carbonyl (C=O) groups is 2. The first-order chi connectivity index (χ1) is 11.5. The highest BCUT2D eigenvalue weighted by Gasteiger charge is 2.37. The van der Waals surface area contributed by atoms with Crippen molar-refractivity contribution in [3.8, 4) is 0 Å². The smallest absolute Gasteiger partial charge is 0.313 e. The summed E-state index contributed by atoms with van der Waals surface area (Å²) in [4.78, 5) is 24.6. The summed E-state index contributed by atoms with van der Waals surface area (Å²) in [6.07, 6.45) is 0.259. The van der Waals surface area contributed by atoms with E-state index in [0.29, 0.717) is 12.8 Å². The highest BCUT2D eigenvalue weighted by atomic mass is 79.9. The Hall–Kier alpha value is -1.40. The molecular weight excluding hydrogens is 376 g/mol. The molecule has 0 aromatic heterocycles. The summed E-state index contributed by atoms with van der Waals surface area (Å²) < 4.78 is 11.2. The van der Waals surface area contributed by atoms with Crippen molar-refractivity contribution in [2.45, 2.75) is 45.1 Å². The highest BCUT2D eigenvalue weighted by molar-refractivity contribution is 9.10. The zero-order valence-corrected chi connectivity index (χ0v) is 15.5. The minimum Gasteiger partial charge on any atom is -0.466 e. The molecule has 132 valence electrons. The zero-order valence-electron chi connectivity index (χ0n) is 14.0. The molecule has 24 heavy (non-hydrogen) atoms. The number of benzene rings is 1. The van der Waals surface area contributed by atoms with Gasteiger partial charge in [-0.25, -0.2) is 0 Å². The second kappa shape index (κ2) is 8.62. The first kappa shape index (κ1) is 18.9. The molecule has 0 radical (unpaired) electrons. The number of fused-ring (bicyclic) bond motifs is 1. The summed E-state index contributed by atoms with van der Waals surface area (Å²) in [7, 11) is 0. The van der Waals surface area contributed by atoms with Crippen LogP contribution < -0.4 is 0 Å². The molecule has 2 rings (SSSR count). The van der Waals surface area contributed by atoms with E-state index in [2.05, 4.69) is 15.9 Å². The monoisotopic (exact) mass is 398 g/mol. The van der Waals surface area contributed by atoms with Gasteiger partial charge in [0.05, 0.1) is 31.2 Å². The maximum absolute atomic E-state index is 12.4. The van der Waals surface area contributed by atoms with Gasteiger partial charge >= 0.3 is 11.9 Å². The summed E-state index contributed by atoms with van der Waals surface area (Å²) in [6, 6.07) is 5.67. The molecule has 1 aliphatic carbocycles. The third-order valence-electron chi connectivity index (χ3n) is 4.34. The van der Waals surface area contributed by atoms with Gasteiger partial charge < -0.3 is 14.6 Å². The second-order valence-corrected chi connectivity index (χ2v) is 6.67. The number of ether oxygens (including phenoxy) is 2. The number of esters is 2. The van der Waals surface area contributed by atoms with Crippen LogP contribution in [0.25, 0.3) is 0 Å². The molecule has 0 fully saturated rings. The topological polar surface area (TPSA) is 72.8 Å². The molecule has 0 saturated carbocycles. The van der Waals surface area contributed by atoms with E-state index in [4.69, 9.17) is 9.47 Å². The summed E-state index contributed by atoms with van der Waals surface area (Å²) in [5.74, 6) is -2.02. The number of hydrogen-bond acceptors (Lipinski definition) is 5. The Morgan fingerprint density at radius 2 is 1.88 bits per heavy atom. The number of halogens is 1. The molecule has 0 bridgehead atoms. The van der Waals surface area contributed by atoms with Crippen LogP contribution in [0.1, 0.15) is 43.7 Å². The quantitative estimate of drug-likeness (QED) is 0.789. The summed E-state index contributed by atoms with van der Waals surface area (Å²) in [6.45, 7) is 4.03. The Bertz CT molecular complexity index is 601. The molecule has 0 heterocycles. The van der Waals surface area contributed by atoms with Gasteiger partial charge in [0.15, 0.2) is 0 Å². The van der Waals surface area contributed by atoms with Crippen molar-refractivity contribution in [3.63, 3.8) is 0 Å². The van der Waals surface area contributed by atoms with Crippen LogP contribution in [-0.2, 0) is 25.5 Å². The van der Waals surface area contributed by atoms with Crippen LogP contribution in [0.4, 0.5) is 0 Å². The molecule has 0 amide bonds. The lowest BCUT2D eigenvalue weighted by Crippen LogP contribution is -2.35. The normalized spacial score (nSPS) is 23.6. The highest BCUT2D eigenvalue weighted by Crippen LogP contribution is 2.36. The number of hydrogen-bond donors (Lipinski definition) is 1. The van der Waals surface area contributed by atoms with Crippen molar-refractivity contribution in [1.82, 2.24) is 0 Å². The van der Waals surface area contributed by atoms with Crippen LogP contribution >= 0.6 is 15.9 Å². The fraction of sp³-hybridized carbons (Fsp3) is 0.556. The van der Waals surface area contributed by atoms with Crippen LogP contribution in [0.2, 0.25) is 0 Å². The van der Waals surface area contributed by atoms with Gasteiger partial charge in [0, 0.05) is 4.47 Å². The number of carbonyl (C=O) groups excluding carboxylic acids is 2. The SMILES string of the molecule is CCOC(=O)[C@H]1CCc2c(Br)cccc2[C@H](C(=O)OCC)C[C@H]1O. The van der Waals surface area contributed by atoms with Gasteiger partial charge in [0.2, 0.25) is 0 Å². The molecule has 0 unspecified atom stereocenters. The van der Waals surface area contributed by atoms with Gasteiger partial charge in [0.25, 0.3) is 0 Å². The molecule has 1 N–H and O–H groups in total. The van der Waals surface area contributed by atoms with Crippen molar-refractivity contribution in [1.29, 1.82) is 0 Å². The molecule has 3 atom stereocenters. The van der Waals surface area contributed by atoms with E-state index in [1.54, 1.807) is 13.8 Å². The van der Waals surface area contributed by atoms with Gasteiger partial charge in [-0.1, -0.05) is 28.1 Å². The first-order valence-electron chi connectivity index (χ1n) is 8.28. The minimum atomic E-state index is -0.939. The summed E-state index contributed by atoms with van der Waals surface area (Å²) in [5, 5.41) is 10.5. The van der Waals surface area contributed by atoms with Crippen molar-refractivity contribution in [2.75, 3.05) is 13.2 Å². The maximum Gasteiger partial charge on any atom is 0.313 e. The van der Waals surface area contributed by atoms with E-state index in [0.717, 1.165) is 15.6 Å². The van der Waals surface area contributed by atoms with E-state index in [1.165, 1.54) is 0 Å². The fourth-order valence-corrected chi connectivity index (χ4v) is 3.76. The summed E-state index contributed by atoms with van der Waals surface area (Å²) >= 11 is 3.53. The fourth-order valence-electron chi connectivity index (χ4n) is 3.18. The molecule has 0 aliphatic heterocycles. The van der Waals surface area contributed by atoms with Crippen LogP contribution in [0.3, 0.4) is 0 Å². The lowest BCUT2D eigenvalue weighted by atomic mass is 9.79. The maximum atomic E-state index is 12.4. The van der Waals surface area contributed by atoms with E-state index in [-0.39, 0.29) is 25.6 Å². The molecule has 0 spiro atoms. The Labute approximate surface area is 150 Å². The van der Waals surface area contributed by atoms with E-state index >= 15 is 0 Å². The van der Waals surface area contributed by atoms with Crippen molar-refractivity contribution in [2.24, 2.45) is 5.92 Å². The third-order valence-corrected chi connectivity index (χ3v) is 5.08. The number of rotatable bonds is 4. The van der Waals surface area contributed by atoms with Crippen LogP contribution in [0, 0.1) is 5.92 Å². The van der Waals surface area contributed by atoms with Crippen LogP contribution in [0.5, 0.6) is 0 Å². The van der Waals surface area contributed by atoms with Gasteiger partial charge in [-0.15, -0.1) is 0 Å². The van der Waals surface area contributed by atoms with Gasteiger partial charge in [0.1, 0.15) is 0 Å². The molecular formula is C18H23BrO5. The van der Waals surface area contributed by atoms with Crippen molar-refractivity contribution < 1.29 is 24.2 Å². The Morgan fingerprint density at radius 1 is 1.21 bits per heavy atom. The van der Waals surface area contributed by atoms with Crippen molar-refractivity contribution in [3.05, 3.63) is 33.8 Å². The lowest BCUT2D eigenvalue weighted by Gasteiger charge is -2.29. The molecule has 1 aromatic rings. The average molecular weight is 399 g/mol. The molecule has 5 nitrogen and oxygen atoms in total. The predicted octanol–water partition coefficient (Wildman–Crippen LogP) is 2.97. The predicted molar refractivity (Wildman–Crippen MR) is 92.6 cm³/mol. The molecule has 1 aliphatic rings.